The van der Waals surface area contributed by atoms with Gasteiger partial charge in [0.2, 0.25) is 17.5 Å². The number of para-hydroxylation sites is 1. The van der Waals surface area contributed by atoms with Gasteiger partial charge in [-0.05, 0) is 22.3 Å². The number of carboxylic acids is 1. The SMILES string of the molecule is CC(C)c1c(C(=O)N=Nc2c(O)n(CC(=O)[O-])c3ccccc23)nnn1-c1nonc1N. The first kappa shape index (κ1) is 20.6. The van der Waals surface area contributed by atoms with Crippen LogP contribution in [0.3, 0.4) is 0 Å². The Hall–Kier alpha value is -4.62. The number of nitrogens with zero attached hydrogens (tertiary/aromatic N) is 8. The Bertz CT molecular complexity index is 1360. The number of nitrogens with two attached hydrogens (primary N) is 1. The van der Waals surface area contributed by atoms with Crippen molar-refractivity contribution in [2.45, 2.75) is 26.3 Å². The topological polar surface area (TPSA) is 203 Å². The molecule has 0 aliphatic heterocycles. The van der Waals surface area contributed by atoms with E-state index < -0.39 is 24.3 Å². The van der Waals surface area contributed by atoms with E-state index in [2.05, 4.69) is 35.5 Å². The van der Waals surface area contributed by atoms with Gasteiger partial charge < -0.3 is 25.3 Å². The number of hydrogen-bond donors (Lipinski definition) is 2. The Morgan fingerprint density at radius 3 is 2.69 bits per heavy atom. The first-order valence-corrected chi connectivity index (χ1v) is 9.29. The van der Waals surface area contributed by atoms with Gasteiger partial charge in [0, 0.05) is 5.39 Å². The summed E-state index contributed by atoms with van der Waals surface area (Å²) in [7, 11) is 0. The van der Waals surface area contributed by atoms with Crippen molar-refractivity contribution in [1.82, 2.24) is 29.9 Å². The maximum Gasteiger partial charge on any atom is 0.317 e. The molecular formula is C18H16N9O5-. The molecule has 0 fully saturated rings. The van der Waals surface area contributed by atoms with Gasteiger partial charge in [-0.1, -0.05) is 37.3 Å². The molecule has 14 nitrogen and oxygen atoms in total. The van der Waals surface area contributed by atoms with Gasteiger partial charge in [0.15, 0.2) is 11.4 Å². The fourth-order valence-electron chi connectivity index (χ4n) is 3.26. The molecule has 14 heteroatoms. The summed E-state index contributed by atoms with van der Waals surface area (Å²) in [6.45, 7) is 2.99. The number of hydrogen-bond acceptors (Lipinski definition) is 11. The summed E-state index contributed by atoms with van der Waals surface area (Å²) >= 11 is 0. The third-order valence-corrected chi connectivity index (χ3v) is 4.60. The van der Waals surface area contributed by atoms with Crippen LogP contribution in [-0.4, -0.2) is 46.9 Å². The first-order valence-electron chi connectivity index (χ1n) is 9.29. The monoisotopic (exact) mass is 438 g/mol. The number of benzene rings is 1. The van der Waals surface area contributed by atoms with Crippen molar-refractivity contribution in [3.63, 3.8) is 0 Å². The highest BCUT2D eigenvalue weighted by Gasteiger charge is 2.26. The average molecular weight is 438 g/mol. The molecule has 4 aromatic rings. The lowest BCUT2D eigenvalue weighted by molar-refractivity contribution is -0.306. The van der Waals surface area contributed by atoms with Crippen molar-refractivity contribution in [3.8, 4) is 11.7 Å². The van der Waals surface area contributed by atoms with Gasteiger partial charge in [-0.25, -0.2) is 4.63 Å². The van der Waals surface area contributed by atoms with Gasteiger partial charge in [0.25, 0.3) is 0 Å². The summed E-state index contributed by atoms with van der Waals surface area (Å²) in [5.41, 5.74) is 6.27. The number of anilines is 1. The van der Waals surface area contributed by atoms with Crippen molar-refractivity contribution in [3.05, 3.63) is 35.7 Å². The second-order valence-corrected chi connectivity index (χ2v) is 7.02. The number of nitrogen functional groups attached to an aromatic ring is 1. The molecule has 0 aliphatic carbocycles. The third kappa shape index (κ3) is 3.42. The molecule has 164 valence electrons. The number of rotatable bonds is 6. The summed E-state index contributed by atoms with van der Waals surface area (Å²) in [4.78, 5) is 23.8. The minimum Gasteiger partial charge on any atom is -0.548 e. The summed E-state index contributed by atoms with van der Waals surface area (Å²) < 4.78 is 6.90. The van der Waals surface area contributed by atoms with Gasteiger partial charge in [-0.15, -0.1) is 15.3 Å². The molecule has 0 aliphatic rings. The Morgan fingerprint density at radius 1 is 1.28 bits per heavy atom. The first-order chi connectivity index (χ1) is 15.3. The van der Waals surface area contributed by atoms with Crippen LogP contribution in [0.4, 0.5) is 11.5 Å². The number of aliphatic carboxylic acids is 1. The zero-order valence-electron chi connectivity index (χ0n) is 16.8. The van der Waals surface area contributed by atoms with E-state index in [4.69, 9.17) is 5.73 Å². The lowest BCUT2D eigenvalue weighted by Gasteiger charge is -2.07. The van der Waals surface area contributed by atoms with Crippen LogP contribution < -0.4 is 10.8 Å². The number of carbonyl (C=O) groups excluding carboxylic acids is 2. The molecule has 0 radical (unpaired) electrons. The van der Waals surface area contributed by atoms with Crippen LogP contribution >= 0.6 is 0 Å². The molecule has 3 N–H and O–H groups in total. The third-order valence-electron chi connectivity index (χ3n) is 4.60. The zero-order chi connectivity index (χ0) is 23.0. The van der Waals surface area contributed by atoms with E-state index in [1.54, 1.807) is 38.1 Å². The van der Waals surface area contributed by atoms with Crippen molar-refractivity contribution in [2.75, 3.05) is 5.73 Å². The summed E-state index contributed by atoms with van der Waals surface area (Å²) in [6, 6.07) is 6.54. The van der Waals surface area contributed by atoms with Gasteiger partial charge >= 0.3 is 5.91 Å². The molecule has 1 amide bonds. The van der Waals surface area contributed by atoms with E-state index in [1.807, 2.05) is 0 Å². The number of carbonyl (C=O) groups is 2. The number of fused-ring (bicyclic) bond motifs is 1. The lowest BCUT2D eigenvalue weighted by atomic mass is 10.1. The highest BCUT2D eigenvalue weighted by Crippen LogP contribution is 2.38. The fourth-order valence-corrected chi connectivity index (χ4v) is 3.26. The Kier molecular flexibility index (Phi) is 5.10. The van der Waals surface area contributed by atoms with Crippen molar-refractivity contribution < 1.29 is 24.4 Å². The predicted octanol–water partition coefficient (Wildman–Crippen LogP) is 0.690. The molecule has 0 saturated heterocycles. The normalized spacial score (nSPS) is 11.7. The van der Waals surface area contributed by atoms with Crippen LogP contribution in [0.2, 0.25) is 0 Å². The molecule has 0 spiro atoms. The van der Waals surface area contributed by atoms with Crippen molar-refractivity contribution in [2.24, 2.45) is 10.2 Å². The highest BCUT2D eigenvalue weighted by molar-refractivity contribution is 5.97. The van der Waals surface area contributed by atoms with E-state index in [0.717, 1.165) is 4.57 Å². The molecule has 32 heavy (non-hydrogen) atoms. The van der Waals surface area contributed by atoms with Crippen LogP contribution in [0.15, 0.2) is 39.1 Å². The average Bonchev–Trinajstić information content (AvgIpc) is 3.43. The lowest BCUT2D eigenvalue weighted by Crippen LogP contribution is -2.27. The Morgan fingerprint density at radius 2 is 2.03 bits per heavy atom. The number of aromatic nitrogens is 6. The number of amides is 1. The molecular weight excluding hydrogens is 422 g/mol. The van der Waals surface area contributed by atoms with E-state index in [0.29, 0.717) is 16.6 Å². The quantitative estimate of drug-likeness (QED) is 0.403. The Balaban J connectivity index is 1.75. The smallest absolute Gasteiger partial charge is 0.317 e. The summed E-state index contributed by atoms with van der Waals surface area (Å²) in [6.07, 6.45) is 0. The second kappa shape index (κ2) is 7.90. The van der Waals surface area contributed by atoms with Crippen molar-refractivity contribution >= 4 is 34.3 Å². The van der Waals surface area contributed by atoms with Crippen molar-refractivity contribution in [1.29, 1.82) is 0 Å². The van der Waals surface area contributed by atoms with Crippen LogP contribution in [0.5, 0.6) is 5.88 Å². The summed E-state index contributed by atoms with van der Waals surface area (Å²) in [5.74, 6) is -2.93. The fraction of sp³-hybridized carbons (Fsp3) is 0.222. The molecule has 0 saturated carbocycles. The largest absolute Gasteiger partial charge is 0.548 e. The maximum absolute atomic E-state index is 12.8. The number of carboxylic acid groups (broad SMARTS) is 1. The molecule has 0 unspecified atom stereocenters. The van der Waals surface area contributed by atoms with E-state index >= 15 is 0 Å². The molecule has 3 aromatic heterocycles. The second-order valence-electron chi connectivity index (χ2n) is 7.02. The molecule has 3 heterocycles. The standard InChI is InChI=1S/C18H17N9O5/c1-8(2)14-13(21-25-27(14)16-15(19)23-32-24-16)17(30)22-20-12-9-5-3-4-6-10(9)26(18(12)31)7-11(28)29/h3-6,8,31H,7H2,1-2H3,(H2,19,23)(H,28,29)/p-1. The van der Waals surface area contributed by atoms with Gasteiger partial charge in [0.1, 0.15) is 0 Å². The minimum atomic E-state index is -1.40. The summed E-state index contributed by atoms with van der Waals surface area (Å²) in [5, 5.41) is 44.4. The highest BCUT2D eigenvalue weighted by atomic mass is 16.6. The minimum absolute atomic E-state index is 0.0388. The van der Waals surface area contributed by atoms with Crippen LogP contribution in [0.25, 0.3) is 16.7 Å². The zero-order valence-corrected chi connectivity index (χ0v) is 16.8. The molecule has 0 atom stereocenters. The van der Waals surface area contributed by atoms with E-state index in [9.17, 15) is 19.8 Å². The molecule has 4 rings (SSSR count). The molecule has 0 bridgehead atoms. The maximum atomic E-state index is 12.8. The van der Waals surface area contributed by atoms with Gasteiger partial charge in [-0.3, -0.25) is 4.79 Å². The van der Waals surface area contributed by atoms with Gasteiger partial charge in [0.05, 0.1) is 23.7 Å². The predicted molar refractivity (Wildman–Crippen MR) is 105 cm³/mol. The van der Waals surface area contributed by atoms with E-state index in [-0.39, 0.29) is 28.9 Å². The van der Waals surface area contributed by atoms with Crippen LogP contribution in [0.1, 0.15) is 35.9 Å². The van der Waals surface area contributed by atoms with E-state index in [1.165, 1.54) is 4.68 Å². The molecule has 1 aromatic carbocycles. The van der Waals surface area contributed by atoms with Crippen LogP contribution in [0, 0.1) is 0 Å². The Labute approximate surface area is 178 Å². The van der Waals surface area contributed by atoms with Crippen LogP contribution in [-0.2, 0) is 11.3 Å². The van der Waals surface area contributed by atoms with Gasteiger partial charge in [-0.2, -0.15) is 4.68 Å². The number of azo groups is 1. The number of aromatic hydroxyl groups is 1.